The molecule has 104 valence electrons. The van der Waals surface area contributed by atoms with Gasteiger partial charge in [0.15, 0.2) is 5.69 Å². The summed E-state index contributed by atoms with van der Waals surface area (Å²) in [7, 11) is 1.13. The van der Waals surface area contributed by atoms with E-state index in [0.717, 1.165) is 7.11 Å². The molecule has 2 atom stereocenters. The van der Waals surface area contributed by atoms with Gasteiger partial charge < -0.3 is 20.1 Å². The van der Waals surface area contributed by atoms with Gasteiger partial charge in [-0.3, -0.25) is 4.79 Å². The summed E-state index contributed by atoms with van der Waals surface area (Å²) in [6.45, 7) is 0. The Hall–Kier alpha value is -1.70. The summed E-state index contributed by atoms with van der Waals surface area (Å²) in [6.07, 6.45) is -3.57. The highest BCUT2D eigenvalue weighted by molar-refractivity contribution is 6.29. The van der Waals surface area contributed by atoms with Crippen molar-refractivity contribution in [2.45, 2.75) is 18.6 Å². The highest BCUT2D eigenvalue weighted by atomic mass is 35.5. The van der Waals surface area contributed by atoms with Crippen molar-refractivity contribution in [3.05, 3.63) is 28.5 Å². The van der Waals surface area contributed by atoms with Crippen LogP contribution in [-0.4, -0.2) is 45.5 Å². The largest absolute Gasteiger partial charge is 0.476 e. The molecule has 0 saturated carbocycles. The Morgan fingerprint density at radius 3 is 2.58 bits per heavy atom. The highest BCUT2D eigenvalue weighted by Gasteiger charge is 2.27. The van der Waals surface area contributed by atoms with E-state index in [-0.39, 0.29) is 10.7 Å². The van der Waals surface area contributed by atoms with Crippen LogP contribution >= 0.6 is 11.6 Å². The van der Waals surface area contributed by atoms with Crippen LogP contribution in [0.3, 0.4) is 0 Å². The second-order valence-electron chi connectivity index (χ2n) is 3.67. The molecule has 7 nitrogen and oxygen atoms in total. The Kier molecular flexibility index (Phi) is 5.22. The number of hydrogen-bond acceptors (Lipinski definition) is 6. The average Bonchev–Trinajstić information content (AvgIpc) is 2.37. The molecule has 1 rings (SSSR count). The first kappa shape index (κ1) is 15.4. The molecule has 0 aliphatic heterocycles. The first-order valence-corrected chi connectivity index (χ1v) is 5.57. The fourth-order valence-corrected chi connectivity index (χ4v) is 1.58. The minimum Gasteiger partial charge on any atom is -0.476 e. The van der Waals surface area contributed by atoms with E-state index in [0.29, 0.717) is 0 Å². The van der Waals surface area contributed by atoms with Crippen molar-refractivity contribution in [2.75, 3.05) is 7.11 Å². The number of carboxylic acid groups (broad SMARTS) is 1. The number of aliphatic hydroxyl groups is 2. The molecule has 0 spiro atoms. The molecule has 0 fully saturated rings. The van der Waals surface area contributed by atoms with Crippen molar-refractivity contribution in [1.29, 1.82) is 0 Å². The van der Waals surface area contributed by atoms with Gasteiger partial charge in [-0.15, -0.1) is 0 Å². The molecule has 0 aromatic carbocycles. The van der Waals surface area contributed by atoms with Gasteiger partial charge in [-0.05, 0) is 6.07 Å². The first-order valence-electron chi connectivity index (χ1n) is 5.19. The van der Waals surface area contributed by atoms with Crippen molar-refractivity contribution in [3.8, 4) is 0 Å². The van der Waals surface area contributed by atoms with Gasteiger partial charge in [0.05, 0.1) is 19.6 Å². The van der Waals surface area contributed by atoms with Gasteiger partial charge in [0.1, 0.15) is 11.3 Å². The standard InChI is InChI=1S/C11H12ClNO6/c1-19-8(15)4-6(14)10(16)5-2-3-7(12)13-9(5)11(17)18/h2-3,6,10,14,16H,4H2,1H3,(H,17,18). The number of carbonyl (C=O) groups is 2. The number of aromatic nitrogens is 1. The molecule has 0 radical (unpaired) electrons. The van der Waals surface area contributed by atoms with Crippen LogP contribution in [0.25, 0.3) is 0 Å². The number of carbonyl (C=O) groups excluding carboxylic acids is 1. The lowest BCUT2D eigenvalue weighted by atomic mass is 10.0. The molecular formula is C11H12ClNO6. The number of aliphatic hydroxyl groups excluding tert-OH is 2. The number of hydrogen-bond donors (Lipinski definition) is 3. The van der Waals surface area contributed by atoms with Crippen molar-refractivity contribution in [2.24, 2.45) is 0 Å². The van der Waals surface area contributed by atoms with Gasteiger partial charge in [0, 0.05) is 5.56 Å². The van der Waals surface area contributed by atoms with Crippen LogP contribution < -0.4 is 0 Å². The highest BCUT2D eigenvalue weighted by Crippen LogP contribution is 2.23. The fourth-order valence-electron chi connectivity index (χ4n) is 1.43. The summed E-state index contributed by atoms with van der Waals surface area (Å²) in [5, 5.41) is 28.4. The van der Waals surface area contributed by atoms with Crippen molar-refractivity contribution < 1.29 is 29.6 Å². The third-order valence-electron chi connectivity index (χ3n) is 2.38. The number of esters is 1. The SMILES string of the molecule is COC(=O)CC(O)C(O)c1ccc(Cl)nc1C(=O)O. The summed E-state index contributed by atoms with van der Waals surface area (Å²) >= 11 is 5.56. The van der Waals surface area contributed by atoms with Gasteiger partial charge >= 0.3 is 11.9 Å². The van der Waals surface area contributed by atoms with E-state index in [1.54, 1.807) is 0 Å². The lowest BCUT2D eigenvalue weighted by Gasteiger charge is -2.18. The third kappa shape index (κ3) is 3.88. The molecule has 0 saturated heterocycles. The minimum absolute atomic E-state index is 0.0594. The van der Waals surface area contributed by atoms with Gasteiger partial charge in [-0.25, -0.2) is 9.78 Å². The maximum absolute atomic E-state index is 11.0. The molecule has 0 amide bonds. The Labute approximate surface area is 113 Å². The van der Waals surface area contributed by atoms with E-state index < -0.39 is 36.3 Å². The van der Waals surface area contributed by atoms with E-state index >= 15 is 0 Å². The predicted octanol–water partition coefficient (Wildman–Crippen LogP) is 0.391. The number of carboxylic acids is 1. The number of ether oxygens (including phenoxy) is 1. The molecule has 0 aliphatic carbocycles. The maximum atomic E-state index is 11.0. The van der Waals surface area contributed by atoms with Crippen LogP contribution in [0.2, 0.25) is 5.15 Å². The van der Waals surface area contributed by atoms with E-state index in [1.807, 2.05) is 0 Å². The van der Waals surface area contributed by atoms with E-state index in [1.165, 1.54) is 12.1 Å². The quantitative estimate of drug-likeness (QED) is 0.530. The number of pyridine rings is 1. The molecule has 1 aromatic heterocycles. The average molecular weight is 290 g/mol. The zero-order valence-electron chi connectivity index (χ0n) is 9.91. The summed E-state index contributed by atoms with van der Waals surface area (Å²) in [5.41, 5.74) is -0.614. The second kappa shape index (κ2) is 6.46. The van der Waals surface area contributed by atoms with Crippen LogP contribution in [0.5, 0.6) is 0 Å². The number of nitrogens with zero attached hydrogens (tertiary/aromatic N) is 1. The van der Waals surface area contributed by atoms with Gasteiger partial charge in [0.2, 0.25) is 0 Å². The Balaban J connectivity index is 3.01. The number of methoxy groups -OCH3 is 1. The van der Waals surface area contributed by atoms with Crippen LogP contribution in [0, 0.1) is 0 Å². The molecular weight excluding hydrogens is 278 g/mol. The fraction of sp³-hybridized carbons (Fsp3) is 0.364. The number of halogens is 1. The number of aromatic carboxylic acids is 1. The van der Waals surface area contributed by atoms with Gasteiger partial charge in [-0.2, -0.15) is 0 Å². The minimum atomic E-state index is -1.59. The summed E-state index contributed by atoms with van der Waals surface area (Å²) in [6, 6.07) is 2.50. The third-order valence-corrected chi connectivity index (χ3v) is 2.59. The maximum Gasteiger partial charge on any atom is 0.354 e. The smallest absolute Gasteiger partial charge is 0.354 e. The molecule has 1 heterocycles. The van der Waals surface area contributed by atoms with Crippen LogP contribution in [0.15, 0.2) is 12.1 Å². The second-order valence-corrected chi connectivity index (χ2v) is 4.06. The van der Waals surface area contributed by atoms with Crippen molar-refractivity contribution >= 4 is 23.5 Å². The topological polar surface area (TPSA) is 117 Å². The molecule has 8 heteroatoms. The normalized spacial score (nSPS) is 13.7. The zero-order chi connectivity index (χ0) is 14.6. The summed E-state index contributed by atoms with van der Waals surface area (Å²) in [5.74, 6) is -2.13. The molecule has 19 heavy (non-hydrogen) atoms. The Morgan fingerprint density at radius 2 is 2.05 bits per heavy atom. The molecule has 3 N–H and O–H groups in total. The van der Waals surface area contributed by atoms with Crippen LogP contribution in [0.4, 0.5) is 0 Å². The molecule has 2 unspecified atom stereocenters. The number of rotatable bonds is 5. The van der Waals surface area contributed by atoms with Crippen molar-refractivity contribution in [3.63, 3.8) is 0 Å². The molecule has 0 aliphatic rings. The van der Waals surface area contributed by atoms with Crippen LogP contribution in [0.1, 0.15) is 28.6 Å². The van der Waals surface area contributed by atoms with Gasteiger partial charge in [-0.1, -0.05) is 17.7 Å². The first-order chi connectivity index (χ1) is 8.86. The van der Waals surface area contributed by atoms with Gasteiger partial charge in [0.25, 0.3) is 0 Å². The molecule has 1 aromatic rings. The Morgan fingerprint density at radius 1 is 1.42 bits per heavy atom. The van der Waals surface area contributed by atoms with E-state index in [4.69, 9.17) is 16.7 Å². The van der Waals surface area contributed by atoms with E-state index in [2.05, 4.69) is 9.72 Å². The van der Waals surface area contributed by atoms with E-state index in [9.17, 15) is 19.8 Å². The molecule has 0 bridgehead atoms. The van der Waals surface area contributed by atoms with Crippen LogP contribution in [-0.2, 0) is 9.53 Å². The summed E-state index contributed by atoms with van der Waals surface area (Å²) in [4.78, 5) is 25.5. The Bertz CT molecular complexity index is 492. The lowest BCUT2D eigenvalue weighted by molar-refractivity contribution is -0.144. The predicted molar refractivity (Wildman–Crippen MR) is 63.8 cm³/mol. The monoisotopic (exact) mass is 289 g/mol. The lowest BCUT2D eigenvalue weighted by Crippen LogP contribution is -2.24. The zero-order valence-corrected chi connectivity index (χ0v) is 10.7. The summed E-state index contributed by atoms with van der Waals surface area (Å²) < 4.78 is 4.34. The van der Waals surface area contributed by atoms with Crippen molar-refractivity contribution in [1.82, 2.24) is 4.98 Å².